The van der Waals surface area contributed by atoms with Crippen molar-refractivity contribution in [2.75, 3.05) is 12.1 Å². The fraction of sp³-hybridized carbons (Fsp3) is 0.240. The SMILES string of the molecule is CC[C@H](C(=O)Nc1ccc2c(c1)OCO2)n1c(C)c2cnn(-c3ccccc3)c(=O)c2c1C. The lowest BCUT2D eigenvalue weighted by Crippen LogP contribution is -2.27. The Labute approximate surface area is 190 Å². The van der Waals surface area contributed by atoms with Gasteiger partial charge in [0.15, 0.2) is 11.5 Å². The van der Waals surface area contributed by atoms with Gasteiger partial charge in [-0.25, -0.2) is 0 Å². The van der Waals surface area contributed by atoms with Crippen LogP contribution in [0.5, 0.6) is 11.5 Å². The number of benzene rings is 2. The summed E-state index contributed by atoms with van der Waals surface area (Å²) in [6.07, 6.45) is 2.25. The Balaban J connectivity index is 1.54. The van der Waals surface area contributed by atoms with Crippen molar-refractivity contribution in [3.05, 3.63) is 76.5 Å². The zero-order valence-corrected chi connectivity index (χ0v) is 18.7. The highest BCUT2D eigenvalue weighted by Gasteiger charge is 2.26. The van der Waals surface area contributed by atoms with Gasteiger partial charge in [-0.3, -0.25) is 9.59 Å². The van der Waals surface area contributed by atoms with E-state index in [2.05, 4.69) is 10.4 Å². The summed E-state index contributed by atoms with van der Waals surface area (Å²) >= 11 is 0. The molecule has 2 aromatic carbocycles. The Morgan fingerprint density at radius 2 is 1.85 bits per heavy atom. The van der Waals surface area contributed by atoms with Crippen LogP contribution in [0.15, 0.2) is 59.5 Å². The van der Waals surface area contributed by atoms with Crippen molar-refractivity contribution in [1.82, 2.24) is 14.3 Å². The number of rotatable bonds is 5. The number of anilines is 1. The summed E-state index contributed by atoms with van der Waals surface area (Å²) < 4.78 is 14.1. The Kier molecular flexibility index (Phi) is 5.12. The first-order chi connectivity index (χ1) is 16.0. The molecule has 5 rings (SSSR count). The van der Waals surface area contributed by atoms with Crippen LogP contribution in [0.4, 0.5) is 5.69 Å². The molecule has 4 aromatic rings. The number of nitrogens with zero attached hydrogens (tertiary/aromatic N) is 3. The van der Waals surface area contributed by atoms with E-state index < -0.39 is 6.04 Å². The van der Waals surface area contributed by atoms with Crippen LogP contribution in [0.1, 0.15) is 30.8 Å². The van der Waals surface area contributed by atoms with Crippen molar-refractivity contribution in [3.63, 3.8) is 0 Å². The minimum atomic E-state index is -0.493. The molecule has 1 amide bonds. The molecule has 1 aliphatic rings. The quantitative estimate of drug-likeness (QED) is 0.500. The number of hydrogen-bond acceptors (Lipinski definition) is 5. The van der Waals surface area contributed by atoms with Gasteiger partial charge in [-0.2, -0.15) is 9.78 Å². The predicted octanol–water partition coefficient (Wildman–Crippen LogP) is 4.12. The predicted molar refractivity (Wildman–Crippen MR) is 125 cm³/mol. The van der Waals surface area contributed by atoms with Gasteiger partial charge in [0, 0.05) is 28.5 Å². The highest BCUT2D eigenvalue weighted by Crippen LogP contribution is 2.35. The van der Waals surface area contributed by atoms with Crippen LogP contribution in [-0.4, -0.2) is 27.0 Å². The number of para-hydroxylation sites is 1. The zero-order valence-electron chi connectivity index (χ0n) is 18.7. The third kappa shape index (κ3) is 3.44. The number of fused-ring (bicyclic) bond motifs is 2. The number of aryl methyl sites for hydroxylation is 2. The first-order valence-corrected chi connectivity index (χ1v) is 10.8. The number of carbonyl (C=O) groups excluding carboxylic acids is 1. The molecule has 8 heteroatoms. The van der Waals surface area contributed by atoms with Crippen molar-refractivity contribution in [3.8, 4) is 17.2 Å². The second kappa shape index (κ2) is 8.12. The lowest BCUT2D eigenvalue weighted by molar-refractivity contribution is -0.119. The van der Waals surface area contributed by atoms with Gasteiger partial charge in [0.25, 0.3) is 5.56 Å². The van der Waals surface area contributed by atoms with E-state index in [1.165, 1.54) is 4.68 Å². The van der Waals surface area contributed by atoms with Crippen LogP contribution in [0, 0.1) is 13.8 Å². The van der Waals surface area contributed by atoms with Gasteiger partial charge in [-0.15, -0.1) is 0 Å². The molecule has 2 aromatic heterocycles. The van der Waals surface area contributed by atoms with E-state index in [0.29, 0.717) is 34.7 Å². The fourth-order valence-corrected chi connectivity index (χ4v) is 4.49. The molecule has 1 aliphatic heterocycles. The minimum absolute atomic E-state index is 0.167. The van der Waals surface area contributed by atoms with E-state index in [1.54, 1.807) is 24.4 Å². The zero-order chi connectivity index (χ0) is 23.1. The maximum atomic E-state index is 13.4. The number of ether oxygens (including phenoxy) is 2. The Morgan fingerprint density at radius 3 is 2.61 bits per heavy atom. The van der Waals surface area contributed by atoms with Crippen LogP contribution in [-0.2, 0) is 4.79 Å². The highest BCUT2D eigenvalue weighted by molar-refractivity contribution is 5.95. The van der Waals surface area contributed by atoms with Crippen LogP contribution in [0.2, 0.25) is 0 Å². The molecule has 1 atom stereocenters. The molecule has 0 unspecified atom stereocenters. The van der Waals surface area contributed by atoms with Gasteiger partial charge in [0.1, 0.15) is 6.04 Å². The van der Waals surface area contributed by atoms with Crippen molar-refractivity contribution >= 4 is 22.4 Å². The van der Waals surface area contributed by atoms with Crippen molar-refractivity contribution in [2.45, 2.75) is 33.2 Å². The molecule has 0 bridgehead atoms. The number of amides is 1. The van der Waals surface area contributed by atoms with E-state index in [4.69, 9.17) is 9.47 Å². The summed E-state index contributed by atoms with van der Waals surface area (Å²) in [5.41, 5.74) is 2.70. The van der Waals surface area contributed by atoms with Crippen molar-refractivity contribution in [2.24, 2.45) is 0 Å². The Hall–Kier alpha value is -4.07. The maximum absolute atomic E-state index is 13.4. The molecular formula is C25H24N4O4. The lowest BCUT2D eigenvalue weighted by Gasteiger charge is -2.21. The molecule has 0 saturated heterocycles. The average molecular weight is 444 g/mol. The molecule has 0 radical (unpaired) electrons. The molecule has 3 heterocycles. The standard InChI is InChI=1S/C25H24N4O4/c1-4-20(24(30)27-17-10-11-21-22(12-17)33-14-32-21)28-15(2)19-13-26-29(18-8-6-5-7-9-18)25(31)23(19)16(28)3/h5-13,20H,4,14H2,1-3H3,(H,27,30)/t20-/m1/s1. The summed E-state index contributed by atoms with van der Waals surface area (Å²) in [5.74, 6) is 1.09. The summed E-state index contributed by atoms with van der Waals surface area (Å²) in [5, 5.41) is 8.68. The van der Waals surface area contributed by atoms with Crippen LogP contribution < -0.4 is 20.3 Å². The Bertz CT molecular complexity index is 1420. The molecule has 0 saturated carbocycles. The third-order valence-corrected chi connectivity index (χ3v) is 6.09. The van der Waals surface area contributed by atoms with E-state index in [1.807, 2.05) is 55.7 Å². The highest BCUT2D eigenvalue weighted by atomic mass is 16.7. The van der Waals surface area contributed by atoms with Gasteiger partial charge in [0.2, 0.25) is 12.7 Å². The molecule has 0 spiro atoms. The molecule has 1 N–H and O–H groups in total. The second-order valence-electron chi connectivity index (χ2n) is 8.01. The number of aromatic nitrogens is 3. The first kappa shape index (κ1) is 20.8. The van der Waals surface area contributed by atoms with E-state index in [-0.39, 0.29) is 18.3 Å². The molecule has 0 aliphatic carbocycles. The summed E-state index contributed by atoms with van der Waals surface area (Å²) in [6, 6.07) is 14.1. The first-order valence-electron chi connectivity index (χ1n) is 10.8. The van der Waals surface area contributed by atoms with Crippen LogP contribution >= 0.6 is 0 Å². The van der Waals surface area contributed by atoms with Gasteiger partial charge < -0.3 is 19.4 Å². The topological polar surface area (TPSA) is 87.4 Å². The van der Waals surface area contributed by atoms with Gasteiger partial charge in [-0.1, -0.05) is 25.1 Å². The summed E-state index contributed by atoms with van der Waals surface area (Å²) in [7, 11) is 0. The third-order valence-electron chi connectivity index (χ3n) is 6.09. The maximum Gasteiger partial charge on any atom is 0.281 e. The molecule has 33 heavy (non-hydrogen) atoms. The molecule has 0 fully saturated rings. The monoisotopic (exact) mass is 444 g/mol. The Morgan fingerprint density at radius 1 is 1.09 bits per heavy atom. The number of nitrogens with one attached hydrogen (secondary N) is 1. The fourth-order valence-electron chi connectivity index (χ4n) is 4.49. The largest absolute Gasteiger partial charge is 0.454 e. The average Bonchev–Trinajstić information content (AvgIpc) is 3.38. The van der Waals surface area contributed by atoms with Gasteiger partial charge in [0.05, 0.1) is 17.3 Å². The van der Waals surface area contributed by atoms with Crippen LogP contribution in [0.25, 0.3) is 16.5 Å². The number of carbonyl (C=O) groups is 1. The second-order valence-corrected chi connectivity index (χ2v) is 8.01. The van der Waals surface area contributed by atoms with Gasteiger partial charge in [-0.05, 0) is 44.5 Å². The summed E-state index contributed by atoms with van der Waals surface area (Å²) in [6.45, 7) is 5.92. The van der Waals surface area contributed by atoms with E-state index in [0.717, 1.165) is 16.8 Å². The smallest absolute Gasteiger partial charge is 0.281 e. The van der Waals surface area contributed by atoms with E-state index in [9.17, 15) is 9.59 Å². The number of hydrogen-bond donors (Lipinski definition) is 1. The van der Waals surface area contributed by atoms with E-state index >= 15 is 0 Å². The van der Waals surface area contributed by atoms with Crippen molar-refractivity contribution in [1.29, 1.82) is 0 Å². The lowest BCUT2D eigenvalue weighted by atomic mass is 10.1. The van der Waals surface area contributed by atoms with Gasteiger partial charge >= 0.3 is 0 Å². The molecular weight excluding hydrogens is 420 g/mol. The van der Waals surface area contributed by atoms with Crippen molar-refractivity contribution < 1.29 is 14.3 Å². The van der Waals surface area contributed by atoms with Crippen LogP contribution in [0.3, 0.4) is 0 Å². The normalized spacial score (nSPS) is 13.3. The summed E-state index contributed by atoms with van der Waals surface area (Å²) in [4.78, 5) is 26.7. The molecule has 168 valence electrons. The molecule has 8 nitrogen and oxygen atoms in total. The minimum Gasteiger partial charge on any atom is -0.454 e.